The minimum Gasteiger partial charge on any atom is -0.395 e. The van der Waals surface area contributed by atoms with E-state index in [0.717, 1.165) is 12.4 Å². The second kappa shape index (κ2) is 6.02. The third-order valence-electron chi connectivity index (χ3n) is 2.38. The predicted octanol–water partition coefficient (Wildman–Crippen LogP) is 1.26. The van der Waals surface area contributed by atoms with E-state index in [0.29, 0.717) is 19.5 Å². The molecular formula is C10H16F3N3O. The zero-order chi connectivity index (χ0) is 12.9. The van der Waals surface area contributed by atoms with Crippen LogP contribution in [-0.4, -0.2) is 34.1 Å². The summed E-state index contributed by atoms with van der Waals surface area (Å²) in [5.74, 6) is 0. The molecule has 0 bridgehead atoms. The summed E-state index contributed by atoms with van der Waals surface area (Å²) in [7, 11) is 0. The number of alkyl halides is 3. The van der Waals surface area contributed by atoms with Gasteiger partial charge in [0, 0.05) is 18.8 Å². The van der Waals surface area contributed by atoms with Crippen molar-refractivity contribution in [2.45, 2.75) is 32.1 Å². The van der Waals surface area contributed by atoms with Gasteiger partial charge in [-0.1, -0.05) is 6.92 Å². The zero-order valence-electron chi connectivity index (χ0n) is 9.54. The van der Waals surface area contributed by atoms with Crippen molar-refractivity contribution in [2.24, 2.45) is 0 Å². The van der Waals surface area contributed by atoms with Crippen LogP contribution in [0.25, 0.3) is 0 Å². The maximum Gasteiger partial charge on any atom is 0.419 e. The van der Waals surface area contributed by atoms with Gasteiger partial charge in [-0.2, -0.15) is 18.3 Å². The van der Waals surface area contributed by atoms with Crippen LogP contribution in [0, 0.1) is 0 Å². The first-order chi connectivity index (χ1) is 7.97. The number of nitrogens with zero attached hydrogens (tertiary/aromatic N) is 2. The van der Waals surface area contributed by atoms with Crippen molar-refractivity contribution >= 4 is 0 Å². The molecule has 0 aromatic carbocycles. The van der Waals surface area contributed by atoms with Crippen molar-refractivity contribution in [1.82, 2.24) is 15.1 Å². The van der Waals surface area contributed by atoms with E-state index in [-0.39, 0.29) is 12.6 Å². The smallest absolute Gasteiger partial charge is 0.395 e. The third kappa shape index (κ3) is 4.35. The summed E-state index contributed by atoms with van der Waals surface area (Å²) in [6, 6.07) is -0.112. The minimum absolute atomic E-state index is 0.0404. The van der Waals surface area contributed by atoms with Crippen molar-refractivity contribution < 1.29 is 18.3 Å². The molecule has 0 fully saturated rings. The van der Waals surface area contributed by atoms with Crippen LogP contribution < -0.4 is 5.32 Å². The number of nitrogens with one attached hydrogen (secondary N) is 1. The lowest BCUT2D eigenvalue weighted by atomic mass is 10.2. The Kier molecular flexibility index (Phi) is 4.95. The lowest BCUT2D eigenvalue weighted by Gasteiger charge is -2.14. The van der Waals surface area contributed by atoms with E-state index in [9.17, 15) is 13.2 Å². The summed E-state index contributed by atoms with van der Waals surface area (Å²) >= 11 is 0. The predicted molar refractivity (Wildman–Crippen MR) is 56.4 cm³/mol. The van der Waals surface area contributed by atoms with Gasteiger partial charge in [-0.05, 0) is 13.0 Å². The van der Waals surface area contributed by atoms with Crippen LogP contribution >= 0.6 is 0 Å². The topological polar surface area (TPSA) is 50.1 Å². The largest absolute Gasteiger partial charge is 0.419 e. The molecule has 0 aliphatic rings. The summed E-state index contributed by atoms with van der Waals surface area (Å²) in [5, 5.41) is 15.7. The number of likely N-dealkylation sites (N-methyl/N-ethyl adjacent to an activating group) is 1. The highest BCUT2D eigenvalue weighted by molar-refractivity contribution is 5.08. The van der Waals surface area contributed by atoms with Gasteiger partial charge in [0.05, 0.1) is 18.4 Å². The van der Waals surface area contributed by atoms with E-state index < -0.39 is 11.7 Å². The lowest BCUT2D eigenvalue weighted by molar-refractivity contribution is -0.137. The number of hydrogen-bond donors (Lipinski definition) is 2. The molecule has 17 heavy (non-hydrogen) atoms. The van der Waals surface area contributed by atoms with E-state index in [1.54, 1.807) is 0 Å². The Morgan fingerprint density at radius 1 is 1.53 bits per heavy atom. The average molecular weight is 251 g/mol. The molecule has 1 heterocycles. The summed E-state index contributed by atoms with van der Waals surface area (Å²) < 4.78 is 38.1. The fourth-order valence-corrected chi connectivity index (χ4v) is 1.47. The third-order valence-corrected chi connectivity index (χ3v) is 2.38. The van der Waals surface area contributed by atoms with E-state index >= 15 is 0 Å². The Labute approximate surface area is 97.4 Å². The number of rotatable bonds is 6. The molecule has 1 unspecified atom stereocenters. The van der Waals surface area contributed by atoms with E-state index in [4.69, 9.17) is 5.11 Å². The molecule has 0 aliphatic carbocycles. The Morgan fingerprint density at radius 2 is 2.24 bits per heavy atom. The highest BCUT2D eigenvalue weighted by atomic mass is 19.4. The molecule has 4 nitrogen and oxygen atoms in total. The molecular weight excluding hydrogens is 235 g/mol. The Hall–Kier alpha value is -1.08. The van der Waals surface area contributed by atoms with Crippen molar-refractivity contribution in [2.75, 3.05) is 13.2 Å². The van der Waals surface area contributed by atoms with Gasteiger partial charge in [-0.25, -0.2) is 0 Å². The second-order valence-electron chi connectivity index (χ2n) is 3.72. The first kappa shape index (κ1) is 14.0. The van der Waals surface area contributed by atoms with Crippen molar-refractivity contribution in [3.05, 3.63) is 18.0 Å². The quantitative estimate of drug-likeness (QED) is 0.800. The maximum absolute atomic E-state index is 12.3. The number of aliphatic hydroxyl groups excluding tert-OH is 1. The molecule has 7 heteroatoms. The van der Waals surface area contributed by atoms with E-state index in [2.05, 4.69) is 10.4 Å². The van der Waals surface area contributed by atoms with Crippen LogP contribution in [0.5, 0.6) is 0 Å². The van der Waals surface area contributed by atoms with Gasteiger partial charge in [0.25, 0.3) is 0 Å². The number of hydrogen-bond acceptors (Lipinski definition) is 3. The van der Waals surface area contributed by atoms with E-state index in [1.165, 1.54) is 4.68 Å². The average Bonchev–Trinajstić information content (AvgIpc) is 2.72. The van der Waals surface area contributed by atoms with Crippen LogP contribution in [0.4, 0.5) is 13.2 Å². The Balaban J connectivity index is 2.49. The minimum atomic E-state index is -4.35. The molecule has 1 aromatic rings. The standard InChI is InChI=1S/C10H16F3N3O/c1-2-14-9(7-17)3-4-16-6-8(5-15-16)10(11,12)13/h5-6,9,14,17H,2-4,7H2,1H3. The molecule has 1 atom stereocenters. The van der Waals surface area contributed by atoms with Crippen LogP contribution in [0.1, 0.15) is 18.9 Å². The summed E-state index contributed by atoms with van der Waals surface area (Å²) in [5.41, 5.74) is -0.749. The Morgan fingerprint density at radius 3 is 2.71 bits per heavy atom. The van der Waals surface area contributed by atoms with Gasteiger partial charge in [0.1, 0.15) is 0 Å². The van der Waals surface area contributed by atoms with Gasteiger partial charge in [0.2, 0.25) is 0 Å². The molecule has 1 rings (SSSR count). The molecule has 2 N–H and O–H groups in total. The SMILES string of the molecule is CCNC(CO)CCn1cc(C(F)(F)F)cn1. The number of aliphatic hydroxyl groups is 1. The fourth-order valence-electron chi connectivity index (χ4n) is 1.47. The summed E-state index contributed by atoms with van der Waals surface area (Å²) in [6.45, 7) is 2.91. The normalized spacial score (nSPS) is 13.9. The first-order valence-corrected chi connectivity index (χ1v) is 5.41. The Bertz CT molecular complexity index is 338. The molecule has 1 aromatic heterocycles. The molecule has 98 valence electrons. The van der Waals surface area contributed by atoms with Gasteiger partial charge in [-0.3, -0.25) is 4.68 Å². The lowest BCUT2D eigenvalue weighted by Crippen LogP contribution is -2.33. The van der Waals surface area contributed by atoms with Crippen LogP contribution in [0.3, 0.4) is 0 Å². The van der Waals surface area contributed by atoms with Crippen molar-refractivity contribution in [3.8, 4) is 0 Å². The van der Waals surface area contributed by atoms with Gasteiger partial charge in [0.15, 0.2) is 0 Å². The number of aryl methyl sites for hydroxylation is 1. The molecule has 0 saturated heterocycles. The van der Waals surface area contributed by atoms with Gasteiger partial charge in [-0.15, -0.1) is 0 Å². The van der Waals surface area contributed by atoms with Gasteiger partial charge >= 0.3 is 6.18 Å². The van der Waals surface area contributed by atoms with Crippen molar-refractivity contribution in [3.63, 3.8) is 0 Å². The van der Waals surface area contributed by atoms with E-state index in [1.807, 2.05) is 6.92 Å². The molecule has 0 amide bonds. The van der Waals surface area contributed by atoms with Gasteiger partial charge < -0.3 is 10.4 Å². The highest BCUT2D eigenvalue weighted by Gasteiger charge is 2.32. The summed E-state index contributed by atoms with van der Waals surface area (Å²) in [6.07, 6.45) is -2.04. The van der Waals surface area contributed by atoms with Crippen molar-refractivity contribution in [1.29, 1.82) is 0 Å². The zero-order valence-corrected chi connectivity index (χ0v) is 9.54. The van der Waals surface area contributed by atoms with Crippen LogP contribution in [0.15, 0.2) is 12.4 Å². The molecule has 0 aliphatic heterocycles. The number of halogens is 3. The monoisotopic (exact) mass is 251 g/mol. The molecule has 0 radical (unpaired) electrons. The number of aromatic nitrogens is 2. The maximum atomic E-state index is 12.3. The van der Waals surface area contributed by atoms with Crippen LogP contribution in [-0.2, 0) is 12.7 Å². The highest BCUT2D eigenvalue weighted by Crippen LogP contribution is 2.28. The second-order valence-corrected chi connectivity index (χ2v) is 3.72. The summed E-state index contributed by atoms with van der Waals surface area (Å²) in [4.78, 5) is 0. The first-order valence-electron chi connectivity index (χ1n) is 5.41. The van der Waals surface area contributed by atoms with Crippen LogP contribution in [0.2, 0.25) is 0 Å². The molecule has 0 spiro atoms. The molecule has 0 saturated carbocycles. The fraction of sp³-hybridized carbons (Fsp3) is 0.700.